The Labute approximate surface area is 360 Å². The standard InChI is InChI=1S/C59H38N2O/c1-4-19-40(20-5-1)60(41-21-6-2-7-22-41)43-33-35-53-50(37-43)46-26-12-15-29-51(46)59(53)52-30-16-13-28-49(52)57-45-25-11-10-18-39(45)36-54(58(57)59)61(42-23-8-3-9-24-42)44-32-34-48-47-27-14-17-31-55(47)62-56(48)38-44/h1-38H. The van der Waals surface area contributed by atoms with Crippen LogP contribution in [0.1, 0.15) is 22.3 Å². The summed E-state index contributed by atoms with van der Waals surface area (Å²) < 4.78 is 6.58. The molecule has 2 aliphatic carbocycles. The molecule has 3 heteroatoms. The first-order valence-corrected chi connectivity index (χ1v) is 21.3. The van der Waals surface area contributed by atoms with Crippen molar-refractivity contribution in [2.45, 2.75) is 5.41 Å². The van der Waals surface area contributed by atoms with Crippen LogP contribution in [-0.4, -0.2) is 0 Å². The Morgan fingerprint density at radius 1 is 0.323 bits per heavy atom. The van der Waals surface area contributed by atoms with E-state index in [9.17, 15) is 0 Å². The quantitative estimate of drug-likeness (QED) is 0.167. The molecule has 1 heterocycles. The van der Waals surface area contributed by atoms with E-state index in [4.69, 9.17) is 4.42 Å². The maximum Gasteiger partial charge on any atom is 0.137 e. The number of furan rings is 1. The van der Waals surface area contributed by atoms with E-state index >= 15 is 0 Å². The van der Waals surface area contributed by atoms with Gasteiger partial charge in [0.1, 0.15) is 11.2 Å². The van der Waals surface area contributed by atoms with Gasteiger partial charge in [0, 0.05) is 50.8 Å². The Morgan fingerprint density at radius 2 is 0.839 bits per heavy atom. The third kappa shape index (κ3) is 4.88. The van der Waals surface area contributed by atoms with Crippen LogP contribution in [0.25, 0.3) is 55.0 Å². The van der Waals surface area contributed by atoms with Gasteiger partial charge in [-0.1, -0.05) is 152 Å². The molecule has 10 aromatic carbocycles. The predicted octanol–water partition coefficient (Wildman–Crippen LogP) is 16.0. The third-order valence-corrected chi connectivity index (χ3v) is 13.2. The number of hydrogen-bond donors (Lipinski definition) is 0. The Kier molecular flexibility index (Phi) is 7.52. The van der Waals surface area contributed by atoms with Crippen LogP contribution in [0.4, 0.5) is 34.1 Å². The minimum atomic E-state index is -0.628. The number of fused-ring (bicyclic) bond motifs is 15. The highest BCUT2D eigenvalue weighted by Crippen LogP contribution is 2.67. The molecule has 0 saturated heterocycles. The molecule has 0 amide bonds. The molecule has 0 aliphatic heterocycles. The number of anilines is 6. The van der Waals surface area contributed by atoms with E-state index in [0.29, 0.717) is 0 Å². The average Bonchev–Trinajstić information content (AvgIpc) is 3.97. The zero-order valence-electron chi connectivity index (χ0n) is 33.7. The van der Waals surface area contributed by atoms with Gasteiger partial charge in [0.15, 0.2) is 0 Å². The van der Waals surface area contributed by atoms with E-state index in [0.717, 1.165) is 56.1 Å². The fourth-order valence-electron chi connectivity index (χ4n) is 10.8. The summed E-state index contributed by atoms with van der Waals surface area (Å²) in [5, 5.41) is 4.68. The maximum absolute atomic E-state index is 6.58. The molecule has 0 saturated carbocycles. The summed E-state index contributed by atoms with van der Waals surface area (Å²) >= 11 is 0. The van der Waals surface area contributed by atoms with E-state index in [2.05, 4.69) is 234 Å². The molecular weight excluding hydrogens is 753 g/mol. The van der Waals surface area contributed by atoms with Crippen LogP contribution in [0, 0.1) is 0 Å². The van der Waals surface area contributed by atoms with Crippen LogP contribution in [0.15, 0.2) is 235 Å². The lowest BCUT2D eigenvalue weighted by Gasteiger charge is -2.36. The molecule has 0 radical (unpaired) electrons. The lowest BCUT2D eigenvalue weighted by molar-refractivity contribution is 0.669. The molecule has 0 N–H and O–H groups in total. The molecule has 11 aromatic rings. The molecular formula is C59H38N2O. The molecule has 1 atom stereocenters. The van der Waals surface area contributed by atoms with Crippen molar-refractivity contribution in [3.05, 3.63) is 253 Å². The maximum atomic E-state index is 6.58. The minimum absolute atomic E-state index is 0.628. The van der Waals surface area contributed by atoms with Gasteiger partial charge in [0.25, 0.3) is 0 Å². The molecule has 13 rings (SSSR count). The van der Waals surface area contributed by atoms with Gasteiger partial charge in [0.2, 0.25) is 0 Å². The Balaban J connectivity index is 1.14. The van der Waals surface area contributed by atoms with Crippen molar-refractivity contribution in [2.75, 3.05) is 9.80 Å². The number of para-hydroxylation sites is 4. The van der Waals surface area contributed by atoms with Crippen LogP contribution in [0.5, 0.6) is 0 Å². The van der Waals surface area contributed by atoms with Gasteiger partial charge in [0.05, 0.1) is 11.1 Å². The largest absolute Gasteiger partial charge is 0.456 e. The number of benzene rings is 10. The molecule has 3 nitrogen and oxygen atoms in total. The van der Waals surface area contributed by atoms with E-state index < -0.39 is 5.41 Å². The van der Waals surface area contributed by atoms with Crippen molar-refractivity contribution in [2.24, 2.45) is 0 Å². The molecule has 1 spiro atoms. The summed E-state index contributed by atoms with van der Waals surface area (Å²) in [5.41, 5.74) is 17.9. The second-order valence-corrected chi connectivity index (χ2v) is 16.4. The zero-order chi connectivity index (χ0) is 40.8. The molecule has 1 aromatic heterocycles. The summed E-state index contributed by atoms with van der Waals surface area (Å²) in [7, 11) is 0. The first kappa shape index (κ1) is 34.7. The van der Waals surface area contributed by atoms with Crippen LogP contribution in [0.3, 0.4) is 0 Å². The number of hydrogen-bond acceptors (Lipinski definition) is 3. The molecule has 2 aliphatic rings. The molecule has 0 fully saturated rings. The molecule has 290 valence electrons. The summed E-state index contributed by atoms with van der Waals surface area (Å²) in [6.45, 7) is 0. The summed E-state index contributed by atoms with van der Waals surface area (Å²) in [6.07, 6.45) is 0. The van der Waals surface area contributed by atoms with Gasteiger partial charge in [-0.3, -0.25) is 0 Å². The Bertz CT molecular complexity index is 3500. The summed E-state index contributed by atoms with van der Waals surface area (Å²) in [4.78, 5) is 4.84. The average molecular weight is 791 g/mol. The Morgan fingerprint density at radius 3 is 1.56 bits per heavy atom. The highest BCUT2D eigenvalue weighted by molar-refractivity contribution is 6.11. The van der Waals surface area contributed by atoms with Crippen LogP contribution in [0.2, 0.25) is 0 Å². The summed E-state index contributed by atoms with van der Waals surface area (Å²) in [6, 6.07) is 84.1. The minimum Gasteiger partial charge on any atom is -0.456 e. The monoisotopic (exact) mass is 790 g/mol. The van der Waals surface area contributed by atoms with Gasteiger partial charge in [-0.05, 0) is 123 Å². The smallest absolute Gasteiger partial charge is 0.137 e. The second-order valence-electron chi connectivity index (χ2n) is 16.4. The Hall–Kier alpha value is -8.14. The van der Waals surface area contributed by atoms with Crippen molar-refractivity contribution in [3.8, 4) is 22.3 Å². The van der Waals surface area contributed by atoms with E-state index in [1.54, 1.807) is 0 Å². The van der Waals surface area contributed by atoms with Crippen LogP contribution < -0.4 is 9.80 Å². The van der Waals surface area contributed by atoms with Crippen molar-refractivity contribution in [3.63, 3.8) is 0 Å². The lowest BCUT2D eigenvalue weighted by Crippen LogP contribution is -2.28. The van der Waals surface area contributed by atoms with Crippen LogP contribution in [-0.2, 0) is 5.41 Å². The first-order chi connectivity index (χ1) is 30.8. The van der Waals surface area contributed by atoms with Gasteiger partial charge in [-0.25, -0.2) is 0 Å². The van der Waals surface area contributed by atoms with Crippen molar-refractivity contribution < 1.29 is 4.42 Å². The van der Waals surface area contributed by atoms with Crippen molar-refractivity contribution in [1.82, 2.24) is 0 Å². The lowest BCUT2D eigenvalue weighted by atomic mass is 9.69. The first-order valence-electron chi connectivity index (χ1n) is 21.3. The SMILES string of the molecule is c1ccc(N(c2ccccc2)c2ccc3c(c2)-c2ccccc2C32c3ccccc3-c3c2c(N(c2ccccc2)c2ccc4c(c2)oc2ccccc24)cc2ccccc32)cc1. The highest BCUT2D eigenvalue weighted by Gasteiger charge is 2.54. The topological polar surface area (TPSA) is 19.6 Å². The molecule has 1 unspecified atom stereocenters. The van der Waals surface area contributed by atoms with Gasteiger partial charge in [-0.2, -0.15) is 0 Å². The predicted molar refractivity (Wildman–Crippen MR) is 257 cm³/mol. The van der Waals surface area contributed by atoms with Gasteiger partial charge >= 0.3 is 0 Å². The number of nitrogens with zero attached hydrogens (tertiary/aromatic N) is 2. The van der Waals surface area contributed by atoms with E-state index in [1.165, 1.54) is 55.3 Å². The normalized spacial score (nSPS) is 14.5. The fraction of sp³-hybridized carbons (Fsp3) is 0.0169. The molecule has 0 bridgehead atoms. The van der Waals surface area contributed by atoms with Crippen molar-refractivity contribution in [1.29, 1.82) is 0 Å². The molecule has 62 heavy (non-hydrogen) atoms. The third-order valence-electron chi connectivity index (χ3n) is 13.2. The van der Waals surface area contributed by atoms with Crippen molar-refractivity contribution >= 4 is 66.8 Å². The summed E-state index contributed by atoms with van der Waals surface area (Å²) in [5.74, 6) is 0. The van der Waals surface area contributed by atoms with Gasteiger partial charge in [-0.15, -0.1) is 0 Å². The fourth-order valence-corrected chi connectivity index (χ4v) is 10.8. The highest BCUT2D eigenvalue weighted by atomic mass is 16.3. The zero-order valence-corrected chi connectivity index (χ0v) is 33.7. The van der Waals surface area contributed by atoms with Crippen LogP contribution >= 0.6 is 0 Å². The van der Waals surface area contributed by atoms with E-state index in [-0.39, 0.29) is 0 Å². The van der Waals surface area contributed by atoms with E-state index in [1.807, 2.05) is 6.07 Å². The second kappa shape index (κ2) is 13.4. The van der Waals surface area contributed by atoms with Gasteiger partial charge < -0.3 is 14.2 Å². The number of rotatable bonds is 6.